The van der Waals surface area contributed by atoms with Gasteiger partial charge < -0.3 is 60.1 Å². The van der Waals surface area contributed by atoms with Crippen molar-refractivity contribution in [3.8, 4) is 23.0 Å². The highest BCUT2D eigenvalue weighted by molar-refractivity contribution is 6.03. The Bertz CT molecular complexity index is 3320. The van der Waals surface area contributed by atoms with Gasteiger partial charge in [-0.25, -0.2) is 9.59 Å². The Labute approximate surface area is 506 Å². The third-order valence-corrected chi connectivity index (χ3v) is 17.9. The molecule has 6 amide bonds. The van der Waals surface area contributed by atoms with Gasteiger partial charge in [0, 0.05) is 172 Å². The Hall–Kier alpha value is -9.18. The van der Waals surface area contributed by atoms with E-state index in [2.05, 4.69) is 169 Å². The van der Waals surface area contributed by atoms with Gasteiger partial charge in [-0.2, -0.15) is 0 Å². The maximum absolute atomic E-state index is 14.8. The van der Waals surface area contributed by atoms with Gasteiger partial charge in [-0.15, -0.1) is 0 Å². The number of ether oxygens (including phenoxy) is 2. The molecule has 4 N–H and O–H groups in total. The molecule has 0 saturated carbocycles. The summed E-state index contributed by atoms with van der Waals surface area (Å²) < 4.78 is 13.7. The van der Waals surface area contributed by atoms with Crippen molar-refractivity contribution in [3.63, 3.8) is 0 Å². The van der Waals surface area contributed by atoms with Crippen molar-refractivity contribution in [1.29, 1.82) is 0 Å². The van der Waals surface area contributed by atoms with E-state index < -0.39 is 11.1 Å². The number of amides is 6. The van der Waals surface area contributed by atoms with Gasteiger partial charge in [0.2, 0.25) is 0 Å². The summed E-state index contributed by atoms with van der Waals surface area (Å²) in [5, 5.41) is 12.1. The molecule has 0 unspecified atom stereocenters. The van der Waals surface area contributed by atoms with Crippen LogP contribution in [0.15, 0.2) is 146 Å². The van der Waals surface area contributed by atoms with E-state index in [1.807, 2.05) is 82.6 Å². The van der Waals surface area contributed by atoms with Crippen molar-refractivity contribution in [2.75, 3.05) is 98.1 Å². The number of hydrogen-bond donors (Lipinski definition) is 4. The second kappa shape index (κ2) is 24.8. The summed E-state index contributed by atoms with van der Waals surface area (Å²) in [6.45, 7) is 25.0. The number of carbonyl (C=O) groups excluding carboxylic acids is 4. The second-order valence-corrected chi connectivity index (χ2v) is 22.1. The number of benzene rings is 7. The van der Waals surface area contributed by atoms with Gasteiger partial charge in [0.25, 0.3) is 11.8 Å². The number of nitrogens with zero attached hydrogens (tertiary/aromatic N) is 6. The summed E-state index contributed by atoms with van der Waals surface area (Å²) in [6.07, 6.45) is 0. The van der Waals surface area contributed by atoms with Crippen molar-refractivity contribution in [2.24, 2.45) is 0 Å². The smallest absolute Gasteiger partial charge is 0.315 e. The summed E-state index contributed by atoms with van der Waals surface area (Å²) in [6, 6.07) is 47.8. The van der Waals surface area contributed by atoms with Crippen LogP contribution in [0, 0.1) is 0 Å². The average Bonchev–Trinajstić information content (AvgIpc) is 1.45. The van der Waals surface area contributed by atoms with E-state index in [1.165, 1.54) is 0 Å². The molecule has 16 nitrogen and oxygen atoms in total. The number of anilines is 4. The predicted octanol–water partition coefficient (Wildman–Crippen LogP) is 11.8. The molecule has 0 aromatic heterocycles. The molecular weight excluding hydrogens is 1080 g/mol. The van der Waals surface area contributed by atoms with Gasteiger partial charge in [-0.05, 0) is 114 Å². The molecule has 2 spiro atoms. The lowest BCUT2D eigenvalue weighted by atomic mass is 9.74. The van der Waals surface area contributed by atoms with Crippen LogP contribution in [0.2, 0.25) is 0 Å². The Morgan fingerprint density at radius 2 is 0.698 bits per heavy atom. The first-order valence-corrected chi connectivity index (χ1v) is 30.8. The monoisotopic (exact) mass is 1160 g/mol. The van der Waals surface area contributed by atoms with Crippen molar-refractivity contribution >= 4 is 46.6 Å². The lowest BCUT2D eigenvalue weighted by Gasteiger charge is -2.45. The van der Waals surface area contributed by atoms with Gasteiger partial charge in [0.1, 0.15) is 34.1 Å². The minimum atomic E-state index is -1.02. The quantitative estimate of drug-likeness (QED) is 0.0516. The molecule has 0 atom stereocenters. The van der Waals surface area contributed by atoms with Crippen LogP contribution in [0.5, 0.6) is 23.0 Å². The van der Waals surface area contributed by atoms with E-state index in [0.717, 1.165) is 120 Å². The van der Waals surface area contributed by atoms with Gasteiger partial charge in [0.15, 0.2) is 0 Å². The summed E-state index contributed by atoms with van der Waals surface area (Å²) in [5.41, 5.74) is 10.2. The number of fused-ring (bicyclic) bond motifs is 12. The van der Waals surface area contributed by atoms with Gasteiger partial charge in [-0.1, -0.05) is 84.9 Å². The van der Waals surface area contributed by atoms with Gasteiger partial charge in [0.05, 0.1) is 0 Å². The molecule has 4 aliphatic heterocycles. The Morgan fingerprint density at radius 3 is 1.01 bits per heavy atom. The molecule has 11 rings (SSSR count). The first kappa shape index (κ1) is 58.6. The average molecular weight is 1160 g/mol. The fourth-order valence-electron chi connectivity index (χ4n) is 13.7. The van der Waals surface area contributed by atoms with Gasteiger partial charge >= 0.3 is 12.1 Å². The summed E-state index contributed by atoms with van der Waals surface area (Å²) >= 11 is 0. The van der Waals surface area contributed by atoms with E-state index in [1.54, 1.807) is 0 Å². The largest absolute Gasteiger partial charge is 0.456 e. The van der Waals surface area contributed by atoms with Crippen LogP contribution in [0.4, 0.5) is 32.3 Å². The SMILES string of the molecule is CCN(CC)c1ccc2c(c1)Oc1cc(N(CC)CC)ccc1C21c2ccccc2C(=O)N1CCNC(=O)NCc1cccc(CNC(=O)NCCN2C(=O)c3ccccc3C23c2ccc(N(CC)CC)cc2Oc2cc(N(CC)CC)ccc23)c1. The first-order valence-electron chi connectivity index (χ1n) is 30.8. The maximum atomic E-state index is 14.8. The maximum Gasteiger partial charge on any atom is 0.315 e. The van der Waals surface area contributed by atoms with Crippen LogP contribution < -0.4 is 50.3 Å². The van der Waals surface area contributed by atoms with Crippen molar-refractivity contribution in [2.45, 2.75) is 79.6 Å². The Balaban J connectivity index is 0.754. The van der Waals surface area contributed by atoms with E-state index in [4.69, 9.17) is 9.47 Å². The van der Waals surface area contributed by atoms with Crippen LogP contribution in [-0.2, 0) is 24.2 Å². The number of hydrogen-bond acceptors (Lipinski definition) is 10. The zero-order valence-electron chi connectivity index (χ0n) is 50.9. The molecule has 16 heteroatoms. The predicted molar refractivity (Wildman–Crippen MR) is 342 cm³/mol. The van der Waals surface area contributed by atoms with E-state index in [9.17, 15) is 19.2 Å². The molecule has 0 fully saturated rings. The van der Waals surface area contributed by atoms with Crippen molar-refractivity contribution in [3.05, 3.63) is 201 Å². The molecule has 0 aliphatic carbocycles. The van der Waals surface area contributed by atoms with Crippen molar-refractivity contribution in [1.82, 2.24) is 31.1 Å². The standard InChI is InChI=1S/C70H80N10O6/c1-9-75(10-2)49-28-32-57-61(41-49)85-62-42-50(76(11-3)12-4)29-33-58(62)69(57)55-26-19-17-24-53(55)65(81)79(69)38-36-71-67(83)73-45-47-22-21-23-48(40-47)46-74-68(84)72-37-39-80-66(82)54-25-18-20-27-56(54)70(80)59-34-30-51(77(13-5)14-6)43-63(59)86-64-44-52(31-35-60(64)70)78(15-7)16-8/h17-35,40-44H,9-16,36-39,45-46H2,1-8H3,(H2,71,73,83)(H2,72,74,84). The number of urea groups is 2. The van der Waals surface area contributed by atoms with Crippen LogP contribution in [-0.4, -0.2) is 112 Å². The van der Waals surface area contributed by atoms with E-state index in [-0.39, 0.29) is 63.1 Å². The molecule has 0 saturated heterocycles. The number of nitrogens with one attached hydrogen (secondary N) is 4. The highest BCUT2D eigenvalue weighted by atomic mass is 16.5. The lowest BCUT2D eigenvalue weighted by molar-refractivity contribution is 0.0661. The Kier molecular flexibility index (Phi) is 16.9. The fourth-order valence-corrected chi connectivity index (χ4v) is 13.7. The minimum Gasteiger partial charge on any atom is -0.456 e. The normalized spacial score (nSPS) is 14.2. The molecular formula is C70H80N10O6. The topological polar surface area (TPSA) is 154 Å². The summed E-state index contributed by atoms with van der Waals surface area (Å²) in [7, 11) is 0. The molecule has 7 aromatic rings. The first-order chi connectivity index (χ1) is 41.9. The lowest BCUT2D eigenvalue weighted by Crippen LogP contribution is -2.50. The summed E-state index contributed by atoms with van der Waals surface area (Å²) in [4.78, 5) is 69.8. The van der Waals surface area contributed by atoms with Crippen LogP contribution in [0.1, 0.15) is 121 Å². The molecule has 7 aromatic carbocycles. The zero-order chi connectivity index (χ0) is 60.3. The molecule has 0 bridgehead atoms. The molecule has 4 aliphatic rings. The highest BCUT2D eigenvalue weighted by Crippen LogP contribution is 2.60. The Morgan fingerprint density at radius 1 is 0.384 bits per heavy atom. The number of rotatable bonds is 22. The fraction of sp³-hybridized carbons (Fsp3) is 0.343. The third-order valence-electron chi connectivity index (χ3n) is 17.9. The summed E-state index contributed by atoms with van der Waals surface area (Å²) in [5.74, 6) is 2.52. The number of carbonyl (C=O) groups is 4. The van der Waals surface area contributed by atoms with Crippen LogP contribution in [0.3, 0.4) is 0 Å². The highest BCUT2D eigenvalue weighted by Gasteiger charge is 2.58. The molecule has 4 heterocycles. The zero-order valence-corrected chi connectivity index (χ0v) is 50.9. The third kappa shape index (κ3) is 10.1. The molecule has 0 radical (unpaired) electrons. The molecule has 86 heavy (non-hydrogen) atoms. The van der Waals surface area contributed by atoms with Crippen molar-refractivity contribution < 1.29 is 28.7 Å². The second-order valence-electron chi connectivity index (χ2n) is 22.1. The van der Waals surface area contributed by atoms with E-state index in [0.29, 0.717) is 34.1 Å². The van der Waals surface area contributed by atoms with Crippen LogP contribution >= 0.6 is 0 Å². The van der Waals surface area contributed by atoms with E-state index >= 15 is 0 Å². The van der Waals surface area contributed by atoms with Crippen LogP contribution in [0.25, 0.3) is 0 Å². The molecule has 446 valence electrons. The minimum absolute atomic E-state index is 0.121. The van der Waals surface area contributed by atoms with Gasteiger partial charge in [-0.3, -0.25) is 9.59 Å².